The third-order valence-corrected chi connectivity index (χ3v) is 7.72. The summed E-state index contributed by atoms with van der Waals surface area (Å²) in [6, 6.07) is 8.01. The number of ether oxygens (including phenoxy) is 5. The number of hydrogen-bond donors (Lipinski definition) is 1. The Labute approximate surface area is 284 Å². The lowest BCUT2D eigenvalue weighted by Crippen LogP contribution is -2.42. The lowest BCUT2D eigenvalue weighted by atomic mass is 10.0. The van der Waals surface area contributed by atoms with Gasteiger partial charge in [0.1, 0.15) is 36.4 Å². The molecule has 4 rings (SSSR count). The number of benzene rings is 2. The highest BCUT2D eigenvalue weighted by molar-refractivity contribution is 6.31. The normalized spacial score (nSPS) is 14.8. The molecule has 1 saturated heterocycles. The minimum absolute atomic E-state index is 0.00954. The van der Waals surface area contributed by atoms with E-state index in [1.165, 1.54) is 18.5 Å². The monoisotopic (exact) mass is 686 g/mol. The van der Waals surface area contributed by atoms with Gasteiger partial charge in [0.15, 0.2) is 5.78 Å². The van der Waals surface area contributed by atoms with E-state index < -0.39 is 5.82 Å². The maximum Gasteiger partial charge on any atom is 0.160 e. The molecule has 1 fully saturated rings. The van der Waals surface area contributed by atoms with Crippen LogP contribution in [0.5, 0.6) is 5.75 Å². The van der Waals surface area contributed by atoms with Gasteiger partial charge < -0.3 is 33.5 Å². The van der Waals surface area contributed by atoms with Crippen molar-refractivity contribution in [2.24, 2.45) is 5.11 Å². The van der Waals surface area contributed by atoms with Crippen LogP contribution >= 0.6 is 11.6 Å². The number of ketones is 1. The van der Waals surface area contributed by atoms with E-state index in [4.69, 9.17) is 40.8 Å². The van der Waals surface area contributed by atoms with E-state index in [1.54, 1.807) is 12.1 Å². The summed E-state index contributed by atoms with van der Waals surface area (Å²) in [6.07, 6.45) is 5.68. The maximum atomic E-state index is 13.7. The summed E-state index contributed by atoms with van der Waals surface area (Å²) in [5, 5.41) is 7.25. The van der Waals surface area contributed by atoms with Crippen molar-refractivity contribution in [2.75, 3.05) is 91.9 Å². The zero-order valence-electron chi connectivity index (χ0n) is 27.3. The molecule has 0 bridgehead atoms. The van der Waals surface area contributed by atoms with Crippen LogP contribution in [0.1, 0.15) is 12.0 Å². The molecule has 13 nitrogen and oxygen atoms in total. The molecule has 0 unspecified atom stereocenters. The quantitative estimate of drug-likeness (QED) is 0.0386. The molecule has 0 spiro atoms. The molecule has 1 aliphatic heterocycles. The van der Waals surface area contributed by atoms with Crippen molar-refractivity contribution in [3.8, 4) is 5.75 Å². The Morgan fingerprint density at radius 3 is 2.65 bits per heavy atom. The third kappa shape index (κ3) is 12.3. The van der Waals surface area contributed by atoms with Gasteiger partial charge in [-0.1, -0.05) is 16.7 Å². The number of carbonyl (C=O) groups excluding carboxylic acids is 1. The molecule has 1 N–H and O–H groups in total. The molecule has 0 aliphatic carbocycles. The Hall–Kier alpha value is -3.88. The molecule has 3 aromatic rings. The topological polar surface area (TPSA) is 150 Å². The number of anilines is 2. The van der Waals surface area contributed by atoms with Crippen molar-refractivity contribution in [1.29, 1.82) is 0 Å². The number of rotatable bonds is 21. The van der Waals surface area contributed by atoms with Crippen molar-refractivity contribution in [2.45, 2.75) is 18.9 Å². The molecule has 2 heterocycles. The van der Waals surface area contributed by atoms with Crippen molar-refractivity contribution in [3.63, 3.8) is 0 Å². The van der Waals surface area contributed by atoms with Crippen LogP contribution in [0.3, 0.4) is 0 Å². The van der Waals surface area contributed by atoms with Gasteiger partial charge in [-0.3, -0.25) is 4.79 Å². The Morgan fingerprint density at radius 1 is 1.15 bits per heavy atom. The fourth-order valence-electron chi connectivity index (χ4n) is 4.78. The van der Waals surface area contributed by atoms with Gasteiger partial charge in [0.2, 0.25) is 0 Å². The molecule has 15 heteroatoms. The molecule has 2 aromatic carbocycles. The summed E-state index contributed by atoms with van der Waals surface area (Å²) in [4.78, 5) is 24.7. The summed E-state index contributed by atoms with van der Waals surface area (Å²) >= 11 is 5.98. The molecule has 0 saturated carbocycles. The highest BCUT2D eigenvalue weighted by Gasteiger charge is 2.21. The fourth-order valence-corrected chi connectivity index (χ4v) is 4.96. The summed E-state index contributed by atoms with van der Waals surface area (Å²) in [7, 11) is 4.15. The first-order valence-electron chi connectivity index (χ1n) is 15.7. The van der Waals surface area contributed by atoms with E-state index in [1.807, 2.05) is 18.2 Å². The molecular weight excluding hydrogens is 645 g/mol. The van der Waals surface area contributed by atoms with Crippen molar-refractivity contribution in [3.05, 3.63) is 75.7 Å². The number of nitrogens with zero attached hydrogens (tertiary/aromatic N) is 6. The van der Waals surface area contributed by atoms with Gasteiger partial charge in [0.05, 0.1) is 84.0 Å². The zero-order valence-corrected chi connectivity index (χ0v) is 28.0. The standard InChI is InChI=1S/C33H42ClFN7O6/c1-42(2,10-13-45-15-17-46-16-14-44-12-8-39-41-36)9-3-4-26(43)18-24-19-28-31(21-32(24)48-27-7-11-47-22-27)37-23-38-33(28)40-25-5-6-30(35)29(34)20-25/h3-6,19-21,23,27H,7-18,22H2,1-2H3,(H,37,38,40)/q+1/b4-3+/t27-/m0/s1. The number of allylic oxidation sites excluding steroid dienone is 1. The lowest BCUT2D eigenvalue weighted by Gasteiger charge is -2.28. The van der Waals surface area contributed by atoms with E-state index in [2.05, 4.69) is 39.4 Å². The van der Waals surface area contributed by atoms with E-state index >= 15 is 0 Å². The molecule has 0 radical (unpaired) electrons. The summed E-state index contributed by atoms with van der Waals surface area (Å²) in [5.74, 6) is 0.472. The number of nitrogens with one attached hydrogen (secondary N) is 1. The van der Waals surface area contributed by atoms with Crippen LogP contribution in [0.4, 0.5) is 15.9 Å². The number of halogens is 2. The number of azide groups is 1. The van der Waals surface area contributed by atoms with Crippen molar-refractivity contribution >= 4 is 39.8 Å². The number of aromatic nitrogens is 2. The van der Waals surface area contributed by atoms with Crippen LogP contribution in [-0.4, -0.2) is 113 Å². The van der Waals surface area contributed by atoms with Crippen LogP contribution in [0, 0.1) is 5.82 Å². The second-order valence-electron chi connectivity index (χ2n) is 11.7. The summed E-state index contributed by atoms with van der Waals surface area (Å²) in [5.41, 5.74) is 10.1. The fraction of sp³-hybridized carbons (Fsp3) is 0.485. The van der Waals surface area contributed by atoms with Gasteiger partial charge in [-0.05, 0) is 41.9 Å². The van der Waals surface area contributed by atoms with E-state index in [0.29, 0.717) is 104 Å². The predicted molar refractivity (Wildman–Crippen MR) is 180 cm³/mol. The average molecular weight is 687 g/mol. The van der Waals surface area contributed by atoms with Gasteiger partial charge in [-0.15, -0.1) is 0 Å². The molecule has 1 aromatic heterocycles. The lowest BCUT2D eigenvalue weighted by molar-refractivity contribution is -0.884. The number of hydrogen-bond acceptors (Lipinski definition) is 10. The molecule has 1 aliphatic rings. The first kappa shape index (κ1) is 36.9. The second kappa shape index (κ2) is 19.2. The molecule has 258 valence electrons. The van der Waals surface area contributed by atoms with Gasteiger partial charge in [0.25, 0.3) is 0 Å². The minimum Gasteiger partial charge on any atom is -0.488 e. The first-order chi connectivity index (χ1) is 23.2. The van der Waals surface area contributed by atoms with Crippen LogP contribution in [0.2, 0.25) is 5.02 Å². The van der Waals surface area contributed by atoms with Gasteiger partial charge >= 0.3 is 0 Å². The Morgan fingerprint density at radius 2 is 1.92 bits per heavy atom. The smallest absolute Gasteiger partial charge is 0.160 e. The van der Waals surface area contributed by atoms with E-state index in [-0.39, 0.29) is 23.3 Å². The van der Waals surface area contributed by atoms with Gasteiger partial charge in [-0.25, -0.2) is 14.4 Å². The molecule has 0 amide bonds. The largest absolute Gasteiger partial charge is 0.488 e. The predicted octanol–water partition coefficient (Wildman–Crippen LogP) is 5.44. The zero-order chi connectivity index (χ0) is 34.2. The summed E-state index contributed by atoms with van der Waals surface area (Å²) in [6.45, 7) is 5.52. The number of quaternary nitrogens is 1. The highest BCUT2D eigenvalue weighted by atomic mass is 35.5. The number of likely N-dealkylation sites (N-methyl/N-ethyl adjacent to an activating group) is 1. The molecular formula is C33H42ClFN7O6+. The van der Waals surface area contributed by atoms with E-state index in [0.717, 1.165) is 13.0 Å². The van der Waals surface area contributed by atoms with Crippen LogP contribution in [0.25, 0.3) is 21.3 Å². The van der Waals surface area contributed by atoms with Crippen LogP contribution in [-0.2, 0) is 30.2 Å². The molecule has 1 atom stereocenters. The van der Waals surface area contributed by atoms with Crippen molar-refractivity contribution in [1.82, 2.24) is 9.97 Å². The minimum atomic E-state index is -0.516. The Balaban J connectivity index is 1.31. The summed E-state index contributed by atoms with van der Waals surface area (Å²) < 4.78 is 42.6. The maximum absolute atomic E-state index is 13.7. The Kier molecular flexibility index (Phi) is 14.8. The third-order valence-electron chi connectivity index (χ3n) is 7.43. The highest BCUT2D eigenvalue weighted by Crippen LogP contribution is 2.32. The second-order valence-corrected chi connectivity index (χ2v) is 12.1. The van der Waals surface area contributed by atoms with E-state index in [9.17, 15) is 9.18 Å². The van der Waals surface area contributed by atoms with Crippen molar-refractivity contribution < 1.29 is 37.4 Å². The number of carbonyl (C=O) groups is 1. The van der Waals surface area contributed by atoms with Gasteiger partial charge in [0, 0.05) is 47.0 Å². The van der Waals surface area contributed by atoms with Crippen LogP contribution < -0.4 is 10.1 Å². The Bertz CT molecular complexity index is 1580. The van der Waals surface area contributed by atoms with Crippen LogP contribution in [0.15, 0.2) is 53.9 Å². The van der Waals surface area contributed by atoms with Gasteiger partial charge in [-0.2, -0.15) is 0 Å². The first-order valence-corrected chi connectivity index (χ1v) is 16.1. The number of fused-ring (bicyclic) bond motifs is 1. The SMILES string of the molecule is C[N+](C)(C/C=C/C(=O)Cc1cc2c(Nc3ccc(F)c(Cl)c3)ncnc2cc1O[C@H]1CCOC1)CCOCCOCCOCCN=[N+]=[N-]. The average Bonchev–Trinajstić information content (AvgIpc) is 3.57. The molecule has 48 heavy (non-hydrogen) atoms.